The third kappa shape index (κ3) is 2.60. The third-order valence-electron chi connectivity index (χ3n) is 1.65. The predicted octanol–water partition coefficient (Wildman–Crippen LogP) is 2.47. The number of benzene rings is 1. The molecule has 0 aromatic heterocycles. The van der Waals surface area contributed by atoms with E-state index in [1.54, 1.807) is 6.08 Å². The first kappa shape index (κ1) is 10.8. The van der Waals surface area contributed by atoms with Crippen molar-refractivity contribution in [2.45, 2.75) is 6.42 Å². The SMILES string of the molecule is NCCC=Cc1cc(F)cc(F)c1F. The number of hydrogen-bond acceptors (Lipinski definition) is 1. The summed E-state index contributed by atoms with van der Waals surface area (Å²) >= 11 is 0. The van der Waals surface area contributed by atoms with Crippen molar-refractivity contribution in [2.24, 2.45) is 5.73 Å². The van der Waals surface area contributed by atoms with E-state index in [0.717, 1.165) is 6.07 Å². The van der Waals surface area contributed by atoms with Crippen molar-refractivity contribution in [1.82, 2.24) is 0 Å². The van der Waals surface area contributed by atoms with E-state index >= 15 is 0 Å². The second-order valence-corrected chi connectivity index (χ2v) is 2.77. The molecule has 76 valence electrons. The summed E-state index contributed by atoms with van der Waals surface area (Å²) in [4.78, 5) is 0. The van der Waals surface area contributed by atoms with E-state index in [2.05, 4.69) is 0 Å². The maximum Gasteiger partial charge on any atom is 0.166 e. The van der Waals surface area contributed by atoms with Crippen molar-refractivity contribution < 1.29 is 13.2 Å². The van der Waals surface area contributed by atoms with Gasteiger partial charge in [-0.25, -0.2) is 13.2 Å². The molecule has 4 heteroatoms. The number of halogens is 3. The highest BCUT2D eigenvalue weighted by atomic mass is 19.2. The minimum Gasteiger partial charge on any atom is -0.330 e. The van der Waals surface area contributed by atoms with E-state index in [0.29, 0.717) is 19.0 Å². The molecule has 0 radical (unpaired) electrons. The van der Waals surface area contributed by atoms with Crippen LogP contribution in [0.1, 0.15) is 12.0 Å². The Bertz CT molecular complexity index is 347. The molecule has 0 saturated heterocycles. The van der Waals surface area contributed by atoms with Gasteiger partial charge in [0.2, 0.25) is 0 Å². The van der Waals surface area contributed by atoms with Crippen LogP contribution < -0.4 is 5.73 Å². The summed E-state index contributed by atoms with van der Waals surface area (Å²) in [5, 5.41) is 0. The lowest BCUT2D eigenvalue weighted by Gasteiger charge is -1.98. The van der Waals surface area contributed by atoms with Gasteiger partial charge in [-0.15, -0.1) is 0 Å². The minimum atomic E-state index is -1.18. The van der Waals surface area contributed by atoms with Crippen molar-refractivity contribution in [3.63, 3.8) is 0 Å². The van der Waals surface area contributed by atoms with Crippen LogP contribution in [0.4, 0.5) is 13.2 Å². The Morgan fingerprint density at radius 1 is 1.21 bits per heavy atom. The maximum absolute atomic E-state index is 13.0. The molecule has 0 bridgehead atoms. The lowest BCUT2D eigenvalue weighted by molar-refractivity contribution is 0.493. The van der Waals surface area contributed by atoms with Crippen LogP contribution in [-0.4, -0.2) is 6.54 Å². The van der Waals surface area contributed by atoms with Crippen molar-refractivity contribution in [3.8, 4) is 0 Å². The summed E-state index contributed by atoms with van der Waals surface area (Å²) in [7, 11) is 0. The highest BCUT2D eigenvalue weighted by Gasteiger charge is 2.07. The normalized spacial score (nSPS) is 11.1. The summed E-state index contributed by atoms with van der Waals surface area (Å²) in [6.07, 6.45) is 3.42. The van der Waals surface area contributed by atoms with Crippen LogP contribution in [0.5, 0.6) is 0 Å². The molecular weight excluding hydrogens is 191 g/mol. The van der Waals surface area contributed by atoms with E-state index in [1.165, 1.54) is 6.08 Å². The van der Waals surface area contributed by atoms with Crippen LogP contribution in [0, 0.1) is 17.5 Å². The van der Waals surface area contributed by atoms with Crippen molar-refractivity contribution in [1.29, 1.82) is 0 Å². The first-order chi connectivity index (χ1) is 6.65. The predicted molar refractivity (Wildman–Crippen MR) is 49.0 cm³/mol. The molecule has 14 heavy (non-hydrogen) atoms. The molecule has 0 fully saturated rings. The molecular formula is C10H10F3N. The van der Waals surface area contributed by atoms with E-state index in [4.69, 9.17) is 5.73 Å². The number of hydrogen-bond donors (Lipinski definition) is 1. The van der Waals surface area contributed by atoms with Gasteiger partial charge in [0.05, 0.1) is 0 Å². The van der Waals surface area contributed by atoms with Gasteiger partial charge in [-0.2, -0.15) is 0 Å². The average molecular weight is 201 g/mol. The third-order valence-corrected chi connectivity index (χ3v) is 1.65. The molecule has 0 aliphatic heterocycles. The van der Waals surface area contributed by atoms with Gasteiger partial charge in [0.15, 0.2) is 11.6 Å². The summed E-state index contributed by atoms with van der Waals surface area (Å²) in [6, 6.07) is 1.45. The molecule has 1 aromatic carbocycles. The average Bonchev–Trinajstić information content (AvgIpc) is 2.13. The number of rotatable bonds is 3. The van der Waals surface area contributed by atoms with Crippen LogP contribution in [0.3, 0.4) is 0 Å². The quantitative estimate of drug-likeness (QED) is 0.747. The summed E-state index contributed by atoms with van der Waals surface area (Å²) in [5.74, 6) is -3.02. The zero-order valence-electron chi connectivity index (χ0n) is 7.43. The molecule has 1 nitrogen and oxygen atoms in total. The topological polar surface area (TPSA) is 26.0 Å². The largest absolute Gasteiger partial charge is 0.330 e. The molecule has 0 aliphatic rings. The van der Waals surface area contributed by atoms with E-state index < -0.39 is 17.5 Å². The second kappa shape index (κ2) is 4.81. The van der Waals surface area contributed by atoms with Gasteiger partial charge >= 0.3 is 0 Å². The van der Waals surface area contributed by atoms with Crippen molar-refractivity contribution >= 4 is 6.08 Å². The summed E-state index contributed by atoms with van der Waals surface area (Å²) in [5.41, 5.74) is 5.10. The van der Waals surface area contributed by atoms with Crippen molar-refractivity contribution in [3.05, 3.63) is 41.2 Å². The summed E-state index contributed by atoms with van der Waals surface area (Å²) < 4.78 is 38.3. The standard InChI is InChI=1S/C10H10F3N/c11-8-5-7(3-1-2-4-14)10(13)9(12)6-8/h1,3,5-6H,2,4,14H2. The maximum atomic E-state index is 13.0. The Labute approximate surface area is 80.0 Å². The van der Waals surface area contributed by atoms with E-state index in [1.807, 2.05) is 0 Å². The highest BCUT2D eigenvalue weighted by molar-refractivity contribution is 5.50. The van der Waals surface area contributed by atoms with Crippen LogP contribution >= 0.6 is 0 Å². The monoisotopic (exact) mass is 201 g/mol. The molecule has 0 spiro atoms. The van der Waals surface area contributed by atoms with Crippen LogP contribution in [0.2, 0.25) is 0 Å². The fraction of sp³-hybridized carbons (Fsp3) is 0.200. The zero-order valence-corrected chi connectivity index (χ0v) is 7.43. The molecule has 0 heterocycles. The van der Waals surface area contributed by atoms with Gasteiger partial charge in [0, 0.05) is 11.6 Å². The molecule has 2 N–H and O–H groups in total. The lowest BCUT2D eigenvalue weighted by atomic mass is 10.1. The molecule has 0 unspecified atom stereocenters. The molecule has 1 aromatic rings. The Balaban J connectivity index is 2.96. The molecule has 0 aliphatic carbocycles. The van der Waals surface area contributed by atoms with Crippen LogP contribution in [-0.2, 0) is 0 Å². The Hall–Kier alpha value is -1.29. The Kier molecular flexibility index (Phi) is 3.71. The first-order valence-electron chi connectivity index (χ1n) is 4.16. The first-order valence-corrected chi connectivity index (χ1v) is 4.16. The molecule has 1 rings (SSSR count). The van der Waals surface area contributed by atoms with Crippen LogP contribution in [0.15, 0.2) is 18.2 Å². The minimum absolute atomic E-state index is 0.101. The van der Waals surface area contributed by atoms with Gasteiger partial charge in [-0.05, 0) is 19.0 Å². The molecule has 0 atom stereocenters. The van der Waals surface area contributed by atoms with E-state index in [9.17, 15) is 13.2 Å². The summed E-state index contributed by atoms with van der Waals surface area (Å²) in [6.45, 7) is 0.413. The van der Waals surface area contributed by atoms with Crippen LogP contribution in [0.25, 0.3) is 6.08 Å². The van der Waals surface area contributed by atoms with Crippen molar-refractivity contribution in [2.75, 3.05) is 6.54 Å². The fourth-order valence-electron chi connectivity index (χ4n) is 1.00. The van der Waals surface area contributed by atoms with Gasteiger partial charge in [0.25, 0.3) is 0 Å². The van der Waals surface area contributed by atoms with Gasteiger partial charge in [-0.3, -0.25) is 0 Å². The molecule has 0 saturated carbocycles. The Morgan fingerprint density at radius 3 is 2.57 bits per heavy atom. The fourth-order valence-corrected chi connectivity index (χ4v) is 1.00. The lowest BCUT2D eigenvalue weighted by Crippen LogP contribution is -1.95. The van der Waals surface area contributed by atoms with Gasteiger partial charge in [-0.1, -0.05) is 12.2 Å². The smallest absolute Gasteiger partial charge is 0.166 e. The second-order valence-electron chi connectivity index (χ2n) is 2.77. The zero-order chi connectivity index (χ0) is 10.6. The molecule has 0 amide bonds. The van der Waals surface area contributed by atoms with Gasteiger partial charge < -0.3 is 5.73 Å². The van der Waals surface area contributed by atoms with Gasteiger partial charge in [0.1, 0.15) is 5.82 Å². The Morgan fingerprint density at radius 2 is 1.93 bits per heavy atom. The van der Waals surface area contributed by atoms with E-state index in [-0.39, 0.29) is 5.56 Å². The highest BCUT2D eigenvalue weighted by Crippen LogP contribution is 2.15. The number of nitrogens with two attached hydrogens (primary N) is 1.